The summed E-state index contributed by atoms with van der Waals surface area (Å²) in [7, 11) is 3.21. The van der Waals surface area contributed by atoms with Crippen molar-refractivity contribution in [2.45, 2.75) is 30.7 Å². The molecule has 0 saturated heterocycles. The van der Waals surface area contributed by atoms with Gasteiger partial charge in [0.05, 0.1) is 20.0 Å². The minimum absolute atomic E-state index is 0.00960. The van der Waals surface area contributed by atoms with Crippen LogP contribution in [0.5, 0.6) is 11.5 Å². The first-order valence-electron chi connectivity index (χ1n) is 8.42. The van der Waals surface area contributed by atoms with Crippen LogP contribution in [0.2, 0.25) is 0 Å². The molecular formula is C20H23NO3S. The van der Waals surface area contributed by atoms with Crippen LogP contribution in [0.15, 0.2) is 41.3 Å². The van der Waals surface area contributed by atoms with Gasteiger partial charge in [-0.05, 0) is 48.6 Å². The molecule has 0 aromatic heterocycles. The van der Waals surface area contributed by atoms with Crippen LogP contribution in [0, 0.1) is 0 Å². The van der Waals surface area contributed by atoms with E-state index in [2.05, 4.69) is 23.5 Å². The van der Waals surface area contributed by atoms with Crippen LogP contribution in [0.25, 0.3) is 0 Å². The Morgan fingerprint density at radius 3 is 2.76 bits per heavy atom. The van der Waals surface area contributed by atoms with Crippen LogP contribution in [-0.4, -0.2) is 25.9 Å². The summed E-state index contributed by atoms with van der Waals surface area (Å²) >= 11 is 1.58. The number of hydrogen-bond acceptors (Lipinski definition) is 4. The Hall–Kier alpha value is -2.14. The molecule has 25 heavy (non-hydrogen) atoms. The van der Waals surface area contributed by atoms with Crippen molar-refractivity contribution in [2.24, 2.45) is 0 Å². The highest BCUT2D eigenvalue weighted by Gasteiger charge is 2.13. The van der Waals surface area contributed by atoms with Gasteiger partial charge in [0.2, 0.25) is 5.91 Å². The summed E-state index contributed by atoms with van der Waals surface area (Å²) in [6, 6.07) is 12.2. The Bertz CT molecular complexity index is 761. The number of rotatable bonds is 7. The number of fused-ring (bicyclic) bond motifs is 1. The lowest BCUT2D eigenvalue weighted by Gasteiger charge is -2.13. The number of thioether (sulfide) groups is 1. The zero-order valence-corrected chi connectivity index (χ0v) is 15.4. The Kier molecular flexibility index (Phi) is 5.87. The first-order chi connectivity index (χ1) is 12.2. The quantitative estimate of drug-likeness (QED) is 0.769. The molecule has 0 unspecified atom stereocenters. The molecule has 0 fully saturated rings. The van der Waals surface area contributed by atoms with E-state index < -0.39 is 0 Å². The average Bonchev–Trinajstić information content (AvgIpc) is 3.11. The molecule has 3 rings (SSSR count). The Morgan fingerprint density at radius 1 is 1.12 bits per heavy atom. The zero-order chi connectivity index (χ0) is 17.6. The summed E-state index contributed by atoms with van der Waals surface area (Å²) in [6.45, 7) is 0.421. The van der Waals surface area contributed by atoms with Gasteiger partial charge in [-0.15, -0.1) is 11.8 Å². The largest absolute Gasteiger partial charge is 0.493 e. The lowest BCUT2D eigenvalue weighted by molar-refractivity contribution is -0.118. The van der Waals surface area contributed by atoms with Crippen LogP contribution < -0.4 is 14.8 Å². The van der Waals surface area contributed by atoms with E-state index in [1.165, 1.54) is 24.0 Å². The molecule has 132 valence electrons. The molecule has 5 heteroatoms. The van der Waals surface area contributed by atoms with Crippen molar-refractivity contribution in [1.82, 2.24) is 5.32 Å². The minimum atomic E-state index is 0.00960. The van der Waals surface area contributed by atoms with E-state index in [-0.39, 0.29) is 5.91 Å². The molecule has 1 aliphatic rings. The molecule has 0 atom stereocenters. The summed E-state index contributed by atoms with van der Waals surface area (Å²) in [6.07, 6.45) is 3.58. The van der Waals surface area contributed by atoms with Crippen molar-refractivity contribution >= 4 is 17.7 Å². The number of hydrogen-bond donors (Lipinski definition) is 1. The van der Waals surface area contributed by atoms with Crippen LogP contribution in [0.4, 0.5) is 0 Å². The monoisotopic (exact) mass is 357 g/mol. The third kappa shape index (κ3) is 4.28. The molecule has 1 amide bonds. The fourth-order valence-corrected chi connectivity index (χ4v) is 3.91. The van der Waals surface area contributed by atoms with E-state index in [0.29, 0.717) is 23.8 Å². The van der Waals surface area contributed by atoms with Gasteiger partial charge in [0.25, 0.3) is 0 Å². The molecule has 0 spiro atoms. The topological polar surface area (TPSA) is 47.6 Å². The van der Waals surface area contributed by atoms with E-state index in [4.69, 9.17) is 9.47 Å². The smallest absolute Gasteiger partial charge is 0.230 e. The van der Waals surface area contributed by atoms with Crippen LogP contribution in [-0.2, 0) is 24.2 Å². The standard InChI is InChI=1S/C20H23NO3S/c1-23-18-8-4-7-16(20(18)24-2)12-21-19(22)13-25-17-10-9-14-5-3-6-15(14)11-17/h4,7-11H,3,5-6,12-13H2,1-2H3,(H,21,22). The Balaban J connectivity index is 1.53. The lowest BCUT2D eigenvalue weighted by Crippen LogP contribution is -2.24. The third-order valence-electron chi connectivity index (χ3n) is 4.40. The van der Waals surface area contributed by atoms with Crippen molar-refractivity contribution < 1.29 is 14.3 Å². The number of amides is 1. The molecule has 2 aromatic carbocycles. The van der Waals surface area contributed by atoms with Crippen molar-refractivity contribution in [3.05, 3.63) is 53.1 Å². The molecule has 0 aliphatic heterocycles. The van der Waals surface area contributed by atoms with Crippen molar-refractivity contribution in [3.63, 3.8) is 0 Å². The Labute approximate surface area is 152 Å². The van der Waals surface area contributed by atoms with E-state index in [1.54, 1.807) is 26.0 Å². The van der Waals surface area contributed by atoms with E-state index >= 15 is 0 Å². The highest BCUT2D eigenvalue weighted by atomic mass is 32.2. The normalized spacial score (nSPS) is 12.6. The number of carbonyl (C=O) groups is 1. The summed E-state index contributed by atoms with van der Waals surface area (Å²) in [4.78, 5) is 13.3. The highest BCUT2D eigenvalue weighted by molar-refractivity contribution is 8.00. The molecule has 0 saturated carbocycles. The fraction of sp³-hybridized carbons (Fsp3) is 0.350. The van der Waals surface area contributed by atoms with Crippen LogP contribution in [0.1, 0.15) is 23.1 Å². The number of methoxy groups -OCH3 is 2. The molecule has 0 heterocycles. The lowest BCUT2D eigenvalue weighted by atomic mass is 10.1. The van der Waals surface area contributed by atoms with Gasteiger partial charge in [0.15, 0.2) is 11.5 Å². The van der Waals surface area contributed by atoms with Gasteiger partial charge in [-0.3, -0.25) is 4.79 Å². The van der Waals surface area contributed by atoms with E-state index in [9.17, 15) is 4.79 Å². The SMILES string of the molecule is COc1cccc(CNC(=O)CSc2ccc3c(c2)CCC3)c1OC. The molecule has 0 radical (unpaired) electrons. The summed E-state index contributed by atoms with van der Waals surface area (Å²) < 4.78 is 10.7. The molecule has 4 nitrogen and oxygen atoms in total. The summed E-state index contributed by atoms with van der Waals surface area (Å²) in [5.41, 5.74) is 3.79. The highest BCUT2D eigenvalue weighted by Crippen LogP contribution is 2.30. The first-order valence-corrected chi connectivity index (χ1v) is 9.41. The van der Waals surface area contributed by atoms with Crippen molar-refractivity contribution in [1.29, 1.82) is 0 Å². The van der Waals surface area contributed by atoms with Gasteiger partial charge >= 0.3 is 0 Å². The van der Waals surface area contributed by atoms with Gasteiger partial charge < -0.3 is 14.8 Å². The van der Waals surface area contributed by atoms with Gasteiger partial charge in [0, 0.05) is 17.0 Å². The second-order valence-electron chi connectivity index (χ2n) is 6.00. The minimum Gasteiger partial charge on any atom is -0.493 e. The van der Waals surface area contributed by atoms with E-state index in [1.807, 2.05) is 18.2 Å². The molecular weight excluding hydrogens is 334 g/mol. The second kappa shape index (κ2) is 8.30. The van der Waals surface area contributed by atoms with Gasteiger partial charge in [0.1, 0.15) is 0 Å². The van der Waals surface area contributed by atoms with Crippen LogP contribution >= 0.6 is 11.8 Å². The maximum absolute atomic E-state index is 12.2. The maximum atomic E-state index is 12.2. The van der Waals surface area contributed by atoms with Crippen LogP contribution in [0.3, 0.4) is 0 Å². The number of nitrogens with one attached hydrogen (secondary N) is 1. The second-order valence-corrected chi connectivity index (χ2v) is 7.05. The molecule has 1 aliphatic carbocycles. The Morgan fingerprint density at radius 2 is 1.96 bits per heavy atom. The molecule has 1 N–H and O–H groups in total. The number of carbonyl (C=O) groups excluding carboxylic acids is 1. The number of aryl methyl sites for hydroxylation is 2. The molecule has 2 aromatic rings. The average molecular weight is 357 g/mol. The maximum Gasteiger partial charge on any atom is 0.230 e. The fourth-order valence-electron chi connectivity index (χ4n) is 3.12. The van der Waals surface area contributed by atoms with Gasteiger partial charge in [-0.2, -0.15) is 0 Å². The third-order valence-corrected chi connectivity index (χ3v) is 5.39. The number of para-hydroxylation sites is 1. The number of ether oxygens (including phenoxy) is 2. The predicted molar refractivity (Wildman–Crippen MR) is 101 cm³/mol. The molecule has 0 bridgehead atoms. The van der Waals surface area contributed by atoms with Crippen molar-refractivity contribution in [2.75, 3.05) is 20.0 Å². The predicted octanol–water partition coefficient (Wildman–Crippen LogP) is 3.60. The van der Waals surface area contributed by atoms with Gasteiger partial charge in [-0.25, -0.2) is 0 Å². The van der Waals surface area contributed by atoms with Crippen molar-refractivity contribution in [3.8, 4) is 11.5 Å². The van der Waals surface area contributed by atoms with E-state index in [0.717, 1.165) is 16.9 Å². The van der Waals surface area contributed by atoms with Gasteiger partial charge in [-0.1, -0.05) is 18.2 Å². The summed E-state index contributed by atoms with van der Waals surface area (Å²) in [5, 5.41) is 2.95. The summed E-state index contributed by atoms with van der Waals surface area (Å²) in [5.74, 6) is 1.75. The first kappa shape index (κ1) is 17.7. The zero-order valence-electron chi connectivity index (χ0n) is 14.6. The number of benzene rings is 2.